The van der Waals surface area contributed by atoms with Crippen molar-refractivity contribution in [2.75, 3.05) is 11.9 Å². The standard InChI is InChI=1S/C9H7Cl2NO3.C7H4BrCl2NO.C2H4O2.2CH4.Na/c1-5(13)15-4-8(14)6-2-7(10)9(11)12-3-6;8-2-6(12)4-1-5(9)7(10)11-3-4;1-2(3)4;;;/h2-3H,4H2,1H3;1,3H,2H2;1H3,(H,3,4);2*1H4;/q;;;;;+1/p-1. The van der Waals surface area contributed by atoms with E-state index < -0.39 is 11.9 Å². The third-order valence-corrected chi connectivity index (χ3v) is 4.65. The Kier molecular flexibility index (Phi) is 25.5. The topological polar surface area (TPSA) is 126 Å². The van der Waals surface area contributed by atoms with Crippen molar-refractivity contribution in [2.24, 2.45) is 0 Å². The van der Waals surface area contributed by atoms with E-state index in [1.807, 2.05) is 0 Å². The molecule has 0 bridgehead atoms. The van der Waals surface area contributed by atoms with Crippen LogP contribution in [0.15, 0.2) is 24.5 Å². The fourth-order valence-corrected chi connectivity index (χ4v) is 2.34. The van der Waals surface area contributed by atoms with Crippen LogP contribution in [0.4, 0.5) is 0 Å². The number of esters is 1. The Morgan fingerprint density at radius 1 is 0.882 bits per heavy atom. The van der Waals surface area contributed by atoms with Gasteiger partial charge in [-0.05, 0) is 19.1 Å². The Morgan fingerprint density at radius 3 is 1.53 bits per heavy atom. The second kappa shape index (κ2) is 21.5. The molecule has 0 saturated carbocycles. The van der Waals surface area contributed by atoms with Crippen molar-refractivity contribution in [1.29, 1.82) is 0 Å². The number of hydrogen-bond acceptors (Lipinski definition) is 8. The smallest absolute Gasteiger partial charge is 0.550 e. The number of carbonyl (C=O) groups excluding carboxylic acids is 4. The molecule has 2 rings (SSSR count). The number of alkyl halides is 1. The molecular weight excluding hydrogens is 609 g/mol. The maximum atomic E-state index is 11.4. The van der Waals surface area contributed by atoms with Gasteiger partial charge in [-0.3, -0.25) is 14.4 Å². The van der Waals surface area contributed by atoms with Gasteiger partial charge in [0.25, 0.3) is 0 Å². The molecule has 184 valence electrons. The number of carboxylic acid groups (broad SMARTS) is 1. The Balaban J connectivity index is -0.000000215. The van der Waals surface area contributed by atoms with E-state index in [1.165, 1.54) is 31.5 Å². The number of ketones is 2. The first kappa shape index (κ1) is 40.4. The number of Topliss-reactive ketones (excluding diaryl/α,β-unsaturated/α-hetero) is 2. The van der Waals surface area contributed by atoms with Crippen LogP contribution in [-0.4, -0.2) is 45.4 Å². The molecule has 0 unspecified atom stereocenters. The van der Waals surface area contributed by atoms with E-state index in [0.29, 0.717) is 10.6 Å². The summed E-state index contributed by atoms with van der Waals surface area (Å²) in [5, 5.41) is 9.96. The van der Waals surface area contributed by atoms with Crippen molar-refractivity contribution in [3.63, 3.8) is 0 Å². The zero-order valence-electron chi connectivity index (χ0n) is 17.0. The zero-order chi connectivity index (χ0) is 24.1. The normalized spacial score (nSPS) is 8.56. The summed E-state index contributed by atoms with van der Waals surface area (Å²) in [5.74, 6) is -2.05. The van der Waals surface area contributed by atoms with Gasteiger partial charge in [0.05, 0.1) is 15.4 Å². The van der Waals surface area contributed by atoms with Gasteiger partial charge >= 0.3 is 35.5 Å². The van der Waals surface area contributed by atoms with Crippen LogP contribution in [-0.2, 0) is 14.3 Å². The van der Waals surface area contributed by atoms with E-state index in [1.54, 1.807) is 0 Å². The minimum absolute atomic E-state index is 0. The molecule has 2 aromatic rings. The van der Waals surface area contributed by atoms with Crippen molar-refractivity contribution < 1.29 is 58.6 Å². The Morgan fingerprint density at radius 2 is 1.24 bits per heavy atom. The molecule has 0 saturated heterocycles. The van der Waals surface area contributed by atoms with Crippen molar-refractivity contribution >= 4 is 85.8 Å². The third-order valence-electron chi connectivity index (χ3n) is 2.76. The van der Waals surface area contributed by atoms with Gasteiger partial charge in [0.15, 0.2) is 12.4 Å². The van der Waals surface area contributed by atoms with Gasteiger partial charge in [-0.1, -0.05) is 77.2 Å². The summed E-state index contributed by atoms with van der Waals surface area (Å²) in [7, 11) is 0. The van der Waals surface area contributed by atoms with Crippen LogP contribution in [0.25, 0.3) is 0 Å². The van der Waals surface area contributed by atoms with Gasteiger partial charge in [-0.2, -0.15) is 0 Å². The number of aromatic nitrogens is 2. The maximum Gasteiger partial charge on any atom is 1.00 e. The largest absolute Gasteiger partial charge is 1.00 e. The van der Waals surface area contributed by atoms with Crippen molar-refractivity contribution in [3.8, 4) is 0 Å². The number of nitrogens with zero attached hydrogens (tertiary/aromatic N) is 2. The number of aliphatic carboxylic acids is 1. The molecule has 0 aliphatic rings. The molecule has 0 radical (unpaired) electrons. The van der Waals surface area contributed by atoms with Gasteiger partial charge in [0.1, 0.15) is 10.3 Å². The van der Waals surface area contributed by atoms with Gasteiger partial charge in [-0.15, -0.1) is 0 Å². The summed E-state index contributed by atoms with van der Waals surface area (Å²) in [6.45, 7) is 1.87. The van der Waals surface area contributed by atoms with Crippen molar-refractivity contribution in [3.05, 3.63) is 56.0 Å². The zero-order valence-corrected chi connectivity index (χ0v) is 23.6. The molecule has 0 amide bonds. The summed E-state index contributed by atoms with van der Waals surface area (Å²) in [6, 6.07) is 2.88. The van der Waals surface area contributed by atoms with E-state index in [4.69, 9.17) is 56.3 Å². The SMILES string of the molecule is C.C.CC(=O)OCC(=O)c1cnc(Cl)c(Cl)c1.CC(=O)[O-].O=C(CBr)c1cnc(Cl)c(Cl)c1.[Na+]. The van der Waals surface area contributed by atoms with Crippen LogP contribution < -0.4 is 34.7 Å². The van der Waals surface area contributed by atoms with Crippen LogP contribution in [0, 0.1) is 0 Å². The molecule has 0 spiro atoms. The molecule has 34 heavy (non-hydrogen) atoms. The second-order valence-corrected chi connectivity index (χ2v) is 7.34. The first-order chi connectivity index (χ1) is 14.4. The molecule has 0 fully saturated rings. The van der Waals surface area contributed by atoms with E-state index in [2.05, 4.69) is 30.6 Å². The first-order valence-electron chi connectivity index (χ1n) is 7.94. The first-order valence-corrected chi connectivity index (χ1v) is 10.6. The number of carbonyl (C=O) groups is 4. The quantitative estimate of drug-likeness (QED) is 0.162. The number of carboxylic acids is 1. The van der Waals surface area contributed by atoms with Crippen LogP contribution in [0.1, 0.15) is 49.4 Å². The van der Waals surface area contributed by atoms with Crippen molar-refractivity contribution in [2.45, 2.75) is 28.7 Å². The second-order valence-electron chi connectivity index (χ2n) is 5.25. The molecule has 0 aromatic carbocycles. The number of pyridine rings is 2. The Hall–Kier alpha value is -0.780. The summed E-state index contributed by atoms with van der Waals surface area (Å²) in [6.07, 6.45) is 2.68. The Bertz CT molecular complexity index is 963. The van der Waals surface area contributed by atoms with Gasteiger partial charge in [0.2, 0.25) is 5.78 Å². The average molecular weight is 631 g/mol. The monoisotopic (exact) mass is 628 g/mol. The van der Waals surface area contributed by atoms with Gasteiger partial charge < -0.3 is 14.6 Å². The predicted octanol–water partition coefficient (Wildman–Crippen LogP) is 2.13. The van der Waals surface area contributed by atoms with Crippen LogP contribution >= 0.6 is 62.3 Å². The van der Waals surface area contributed by atoms with E-state index in [9.17, 15) is 14.4 Å². The molecule has 0 atom stereocenters. The number of halogens is 5. The molecule has 2 aromatic heterocycles. The average Bonchev–Trinajstić information content (AvgIpc) is 2.69. The molecule has 0 aliphatic heterocycles. The fourth-order valence-electron chi connectivity index (χ4n) is 1.48. The van der Waals surface area contributed by atoms with Crippen LogP contribution in [0.2, 0.25) is 20.4 Å². The summed E-state index contributed by atoms with van der Waals surface area (Å²) in [4.78, 5) is 49.3. The van der Waals surface area contributed by atoms with Gasteiger partial charge in [-0.25, -0.2) is 9.97 Å². The fraction of sp³-hybridized carbons (Fsp3) is 0.300. The molecule has 2 heterocycles. The van der Waals surface area contributed by atoms with Crippen LogP contribution in [0.3, 0.4) is 0 Å². The van der Waals surface area contributed by atoms with Crippen molar-refractivity contribution in [1.82, 2.24) is 9.97 Å². The minimum Gasteiger partial charge on any atom is -0.550 e. The van der Waals surface area contributed by atoms with E-state index >= 15 is 0 Å². The third kappa shape index (κ3) is 17.6. The molecule has 14 heteroatoms. The minimum atomic E-state index is -1.08. The summed E-state index contributed by atoms with van der Waals surface area (Å²) in [5.41, 5.74) is 0.715. The van der Waals surface area contributed by atoms with Gasteiger partial charge in [0, 0.05) is 36.4 Å². The summed E-state index contributed by atoms with van der Waals surface area (Å²) >= 11 is 25.5. The molecule has 0 N–H and O–H groups in total. The molecular formula is C20H22BrCl4N2NaO6. The van der Waals surface area contributed by atoms with Crippen LogP contribution in [0.5, 0.6) is 0 Å². The summed E-state index contributed by atoms with van der Waals surface area (Å²) < 4.78 is 4.54. The number of ether oxygens (including phenoxy) is 1. The predicted molar refractivity (Wildman–Crippen MR) is 132 cm³/mol. The number of rotatable bonds is 5. The Labute approximate surface area is 249 Å². The molecule has 0 aliphatic carbocycles. The van der Waals surface area contributed by atoms with E-state index in [0.717, 1.165) is 6.92 Å². The molecule has 8 nitrogen and oxygen atoms in total. The number of hydrogen-bond donors (Lipinski definition) is 0. The van der Waals surface area contributed by atoms with E-state index in [-0.39, 0.29) is 88.8 Å². The maximum absolute atomic E-state index is 11.4.